The molecule has 1 atom stereocenters. The van der Waals surface area contributed by atoms with Crippen LogP contribution in [0.5, 0.6) is 0 Å². The number of likely N-dealkylation sites (N-methyl/N-ethyl adjacent to an activating group) is 1. The van der Waals surface area contributed by atoms with Crippen LogP contribution in [-0.2, 0) is 9.59 Å². The quantitative estimate of drug-likeness (QED) is 0.907. The van der Waals surface area contributed by atoms with Crippen molar-refractivity contribution >= 4 is 33.4 Å². The molecule has 2 N–H and O–H groups in total. The lowest BCUT2D eigenvalue weighted by atomic mass is 10.1. The molecule has 1 unspecified atom stereocenters. The highest BCUT2D eigenvalue weighted by molar-refractivity contribution is 9.10. The summed E-state index contributed by atoms with van der Waals surface area (Å²) in [5.74, 6) is -0.287. The topological polar surface area (TPSA) is 66.6 Å². The Morgan fingerprint density at radius 1 is 1.40 bits per heavy atom. The average Bonchev–Trinajstić information content (AvgIpc) is 2.65. The third-order valence-corrected chi connectivity index (χ3v) is 4.05. The summed E-state index contributed by atoms with van der Waals surface area (Å²) in [7, 11) is 0. The lowest BCUT2D eigenvalue weighted by molar-refractivity contribution is -0.131. The van der Waals surface area contributed by atoms with Crippen LogP contribution in [0.4, 0.5) is 5.69 Å². The molecular formula is C14H18BrN3O2. The number of benzene rings is 1. The lowest BCUT2D eigenvalue weighted by Gasteiger charge is -2.23. The van der Waals surface area contributed by atoms with Crippen molar-refractivity contribution in [3.05, 3.63) is 28.2 Å². The van der Waals surface area contributed by atoms with Crippen molar-refractivity contribution in [1.82, 2.24) is 4.90 Å². The molecule has 1 aromatic rings. The van der Waals surface area contributed by atoms with Gasteiger partial charge in [0.2, 0.25) is 11.8 Å². The second kappa shape index (κ2) is 5.93. The molecule has 0 radical (unpaired) electrons. The second-order valence-electron chi connectivity index (χ2n) is 4.67. The van der Waals surface area contributed by atoms with Crippen LogP contribution < -0.4 is 10.6 Å². The van der Waals surface area contributed by atoms with Gasteiger partial charge in [-0.25, -0.2) is 0 Å². The molecule has 1 heterocycles. The SMILES string of the molecule is CCN(CC)C(=O)CN1C(=O)C(N)c2cc(Br)ccc21. The van der Waals surface area contributed by atoms with Crippen molar-refractivity contribution in [1.29, 1.82) is 0 Å². The zero-order valence-electron chi connectivity index (χ0n) is 11.6. The van der Waals surface area contributed by atoms with Crippen LogP contribution in [0.25, 0.3) is 0 Å². The van der Waals surface area contributed by atoms with Crippen LogP contribution in [0.2, 0.25) is 0 Å². The molecule has 108 valence electrons. The number of amides is 2. The van der Waals surface area contributed by atoms with E-state index in [2.05, 4.69) is 15.9 Å². The zero-order chi connectivity index (χ0) is 14.9. The summed E-state index contributed by atoms with van der Waals surface area (Å²) in [6, 6.07) is 4.81. The monoisotopic (exact) mass is 339 g/mol. The zero-order valence-corrected chi connectivity index (χ0v) is 13.2. The Labute approximate surface area is 126 Å². The molecule has 1 aliphatic rings. The maximum Gasteiger partial charge on any atom is 0.249 e. The number of fused-ring (bicyclic) bond motifs is 1. The minimum absolute atomic E-state index is 0.0445. The van der Waals surface area contributed by atoms with Gasteiger partial charge in [-0.05, 0) is 32.0 Å². The lowest BCUT2D eigenvalue weighted by Crippen LogP contribution is -2.42. The van der Waals surface area contributed by atoms with Gasteiger partial charge in [-0.15, -0.1) is 0 Å². The highest BCUT2D eigenvalue weighted by atomic mass is 79.9. The van der Waals surface area contributed by atoms with Crippen molar-refractivity contribution in [3.63, 3.8) is 0 Å². The molecule has 0 aromatic heterocycles. The van der Waals surface area contributed by atoms with Crippen LogP contribution in [0.3, 0.4) is 0 Å². The third-order valence-electron chi connectivity index (χ3n) is 3.56. The first-order valence-corrected chi connectivity index (χ1v) is 7.43. The van der Waals surface area contributed by atoms with E-state index in [-0.39, 0.29) is 18.4 Å². The Balaban J connectivity index is 2.26. The number of hydrogen-bond donors (Lipinski definition) is 1. The number of rotatable bonds is 4. The van der Waals surface area contributed by atoms with E-state index in [4.69, 9.17) is 5.73 Å². The number of anilines is 1. The van der Waals surface area contributed by atoms with E-state index in [1.807, 2.05) is 32.0 Å². The second-order valence-corrected chi connectivity index (χ2v) is 5.59. The number of nitrogens with two attached hydrogens (primary N) is 1. The van der Waals surface area contributed by atoms with Gasteiger partial charge in [0.05, 0.1) is 0 Å². The van der Waals surface area contributed by atoms with Gasteiger partial charge in [-0.3, -0.25) is 9.59 Å². The van der Waals surface area contributed by atoms with Crippen LogP contribution in [-0.4, -0.2) is 36.3 Å². The first-order chi connectivity index (χ1) is 9.49. The highest BCUT2D eigenvalue weighted by Gasteiger charge is 2.36. The third kappa shape index (κ3) is 2.58. The Morgan fingerprint density at radius 3 is 2.65 bits per heavy atom. The number of carbonyl (C=O) groups is 2. The Hall–Kier alpha value is -1.40. The molecule has 20 heavy (non-hydrogen) atoms. The number of halogens is 1. The van der Waals surface area contributed by atoms with E-state index < -0.39 is 6.04 Å². The molecule has 0 saturated carbocycles. The van der Waals surface area contributed by atoms with Crippen molar-refractivity contribution in [2.75, 3.05) is 24.5 Å². The fourth-order valence-corrected chi connectivity index (χ4v) is 2.79. The summed E-state index contributed by atoms with van der Waals surface area (Å²) in [6.45, 7) is 5.16. The Bertz CT molecular complexity index is 543. The molecular weight excluding hydrogens is 322 g/mol. The van der Waals surface area contributed by atoms with Gasteiger partial charge < -0.3 is 15.5 Å². The van der Waals surface area contributed by atoms with Crippen LogP contribution >= 0.6 is 15.9 Å². The maximum absolute atomic E-state index is 12.2. The van der Waals surface area contributed by atoms with Gasteiger partial charge in [0.15, 0.2) is 0 Å². The van der Waals surface area contributed by atoms with E-state index in [0.29, 0.717) is 13.1 Å². The van der Waals surface area contributed by atoms with Crippen LogP contribution in [0.15, 0.2) is 22.7 Å². The largest absolute Gasteiger partial charge is 0.342 e. The molecule has 2 rings (SSSR count). The smallest absolute Gasteiger partial charge is 0.249 e. The van der Waals surface area contributed by atoms with Crippen molar-refractivity contribution in [2.45, 2.75) is 19.9 Å². The predicted octanol–water partition coefficient (Wildman–Crippen LogP) is 1.66. The van der Waals surface area contributed by atoms with Gasteiger partial charge in [0.25, 0.3) is 0 Å². The summed E-state index contributed by atoms with van der Waals surface area (Å²) in [5.41, 5.74) is 7.42. The molecule has 0 fully saturated rings. The number of nitrogens with zero attached hydrogens (tertiary/aromatic N) is 2. The first-order valence-electron chi connectivity index (χ1n) is 6.63. The molecule has 0 aliphatic carbocycles. The van der Waals surface area contributed by atoms with Crippen molar-refractivity contribution in [2.24, 2.45) is 5.73 Å². The number of carbonyl (C=O) groups excluding carboxylic acids is 2. The minimum atomic E-state index is -0.688. The average molecular weight is 340 g/mol. The summed E-state index contributed by atoms with van der Waals surface area (Å²) < 4.78 is 0.872. The van der Waals surface area contributed by atoms with Crippen LogP contribution in [0.1, 0.15) is 25.5 Å². The number of hydrogen-bond acceptors (Lipinski definition) is 3. The van der Waals surface area contributed by atoms with Crippen molar-refractivity contribution < 1.29 is 9.59 Å². The Morgan fingerprint density at radius 2 is 2.05 bits per heavy atom. The molecule has 0 spiro atoms. The van der Waals surface area contributed by atoms with Crippen LogP contribution in [0, 0.1) is 0 Å². The summed E-state index contributed by atoms with van der Waals surface area (Å²) in [5, 5.41) is 0. The van der Waals surface area contributed by atoms with E-state index in [9.17, 15) is 9.59 Å². The predicted molar refractivity (Wildman–Crippen MR) is 81.4 cm³/mol. The molecule has 1 aliphatic heterocycles. The standard InChI is InChI=1S/C14H18BrN3O2/c1-3-17(4-2)12(19)8-18-11-6-5-9(15)7-10(11)13(16)14(18)20/h5-7,13H,3-4,8,16H2,1-2H3. The maximum atomic E-state index is 12.2. The molecule has 5 nitrogen and oxygen atoms in total. The van der Waals surface area contributed by atoms with Gasteiger partial charge >= 0.3 is 0 Å². The van der Waals surface area contributed by atoms with Crippen molar-refractivity contribution in [3.8, 4) is 0 Å². The van der Waals surface area contributed by atoms with Gasteiger partial charge in [0, 0.05) is 28.8 Å². The highest BCUT2D eigenvalue weighted by Crippen LogP contribution is 2.36. The van der Waals surface area contributed by atoms with Gasteiger partial charge in [-0.1, -0.05) is 15.9 Å². The summed E-state index contributed by atoms with van der Waals surface area (Å²) >= 11 is 3.37. The van der Waals surface area contributed by atoms with Gasteiger partial charge in [-0.2, -0.15) is 0 Å². The summed E-state index contributed by atoms with van der Waals surface area (Å²) in [6.07, 6.45) is 0. The molecule has 6 heteroatoms. The first kappa shape index (κ1) is 15.0. The minimum Gasteiger partial charge on any atom is -0.342 e. The Kier molecular flexibility index (Phi) is 4.45. The molecule has 0 bridgehead atoms. The molecule has 2 amide bonds. The van der Waals surface area contributed by atoms with E-state index >= 15 is 0 Å². The van der Waals surface area contributed by atoms with E-state index in [1.165, 1.54) is 4.90 Å². The normalized spacial score (nSPS) is 17.3. The molecule has 0 saturated heterocycles. The summed E-state index contributed by atoms with van der Waals surface area (Å²) in [4.78, 5) is 27.6. The van der Waals surface area contributed by atoms with E-state index in [1.54, 1.807) is 4.90 Å². The molecule has 1 aromatic carbocycles. The van der Waals surface area contributed by atoms with E-state index in [0.717, 1.165) is 15.7 Å². The fourth-order valence-electron chi connectivity index (χ4n) is 2.41. The van der Waals surface area contributed by atoms with Gasteiger partial charge in [0.1, 0.15) is 12.6 Å². The fraction of sp³-hybridized carbons (Fsp3) is 0.429.